The molecule has 0 aliphatic heterocycles. The molecule has 1 aromatic heterocycles. The summed E-state index contributed by atoms with van der Waals surface area (Å²) >= 11 is 0. The van der Waals surface area contributed by atoms with Crippen LogP contribution in [0.25, 0.3) is 11.1 Å². The minimum absolute atomic E-state index is 0.272. The average molecular weight is 234 g/mol. The van der Waals surface area contributed by atoms with Crippen molar-refractivity contribution in [3.05, 3.63) is 41.5 Å². The molecule has 2 aromatic rings. The predicted molar refractivity (Wildman–Crippen MR) is 64.0 cm³/mol. The Labute approximate surface area is 99.5 Å². The Hall–Kier alpha value is -1.68. The molecule has 1 aromatic carbocycles. The molecule has 3 nitrogen and oxygen atoms in total. The summed E-state index contributed by atoms with van der Waals surface area (Å²) in [5.74, 6) is -0.369. The number of aromatic nitrogens is 2. The van der Waals surface area contributed by atoms with E-state index in [4.69, 9.17) is 5.11 Å². The fraction of sp³-hybridized carbons (Fsp3) is 0.308. The first kappa shape index (κ1) is 11.8. The summed E-state index contributed by atoms with van der Waals surface area (Å²) in [5.41, 5.74) is 2.79. The Morgan fingerprint density at radius 3 is 2.65 bits per heavy atom. The fourth-order valence-corrected chi connectivity index (χ4v) is 1.83. The molecule has 0 saturated carbocycles. The number of aliphatic hydroxyl groups excluding tert-OH is 1. The molecular formula is C13H15FN2O. The normalized spacial score (nSPS) is 10.8. The summed E-state index contributed by atoms with van der Waals surface area (Å²) in [6, 6.07) is 3.31. The molecule has 0 bridgehead atoms. The van der Waals surface area contributed by atoms with Crippen LogP contribution in [0.2, 0.25) is 0 Å². The minimum atomic E-state index is -0.369. The second kappa shape index (κ2) is 4.67. The molecule has 0 spiro atoms. The highest BCUT2D eigenvalue weighted by molar-refractivity contribution is 5.63. The second-order valence-electron chi connectivity index (χ2n) is 4.00. The average Bonchev–Trinajstić information content (AvgIpc) is 2.77. The van der Waals surface area contributed by atoms with Gasteiger partial charge in [0.15, 0.2) is 0 Å². The van der Waals surface area contributed by atoms with Crippen molar-refractivity contribution in [1.29, 1.82) is 0 Å². The summed E-state index contributed by atoms with van der Waals surface area (Å²) in [6.07, 6.45) is 3.60. The zero-order valence-electron chi connectivity index (χ0n) is 9.94. The van der Waals surface area contributed by atoms with Crippen molar-refractivity contribution in [2.75, 3.05) is 0 Å². The maximum absolute atomic E-state index is 13.7. The predicted octanol–water partition coefficient (Wildman–Crippen LogP) is 2.51. The summed E-state index contributed by atoms with van der Waals surface area (Å²) in [5, 5.41) is 13.2. The van der Waals surface area contributed by atoms with E-state index in [0.717, 1.165) is 23.2 Å². The van der Waals surface area contributed by atoms with Crippen LogP contribution in [-0.4, -0.2) is 14.9 Å². The minimum Gasteiger partial charge on any atom is -0.392 e. The number of aliphatic hydroxyl groups is 1. The van der Waals surface area contributed by atoms with Crippen molar-refractivity contribution >= 4 is 0 Å². The van der Waals surface area contributed by atoms with Crippen LogP contribution in [0.15, 0.2) is 24.5 Å². The first-order valence-electron chi connectivity index (χ1n) is 5.58. The van der Waals surface area contributed by atoms with E-state index >= 15 is 0 Å². The van der Waals surface area contributed by atoms with Gasteiger partial charge in [-0.25, -0.2) is 4.39 Å². The smallest absolute Gasteiger partial charge is 0.129 e. The van der Waals surface area contributed by atoms with Crippen LogP contribution in [0.1, 0.15) is 18.1 Å². The van der Waals surface area contributed by atoms with Gasteiger partial charge in [-0.1, -0.05) is 6.07 Å². The third-order valence-corrected chi connectivity index (χ3v) is 2.87. The summed E-state index contributed by atoms with van der Waals surface area (Å²) in [4.78, 5) is 0. The molecule has 0 saturated heterocycles. The molecule has 17 heavy (non-hydrogen) atoms. The molecule has 1 heterocycles. The van der Waals surface area contributed by atoms with Gasteiger partial charge in [0.25, 0.3) is 0 Å². The molecule has 1 N–H and O–H groups in total. The Kier molecular flexibility index (Phi) is 3.24. The van der Waals surface area contributed by atoms with E-state index in [0.29, 0.717) is 5.56 Å². The number of nitrogens with zero attached hydrogens (tertiary/aromatic N) is 2. The topological polar surface area (TPSA) is 38.0 Å². The van der Waals surface area contributed by atoms with E-state index in [9.17, 15) is 4.39 Å². The van der Waals surface area contributed by atoms with E-state index in [2.05, 4.69) is 5.10 Å². The van der Waals surface area contributed by atoms with E-state index in [1.807, 2.05) is 19.2 Å². The van der Waals surface area contributed by atoms with E-state index in [1.165, 1.54) is 6.07 Å². The number of hydrogen-bond acceptors (Lipinski definition) is 2. The highest BCUT2D eigenvalue weighted by Gasteiger charge is 2.09. The maximum Gasteiger partial charge on any atom is 0.129 e. The van der Waals surface area contributed by atoms with Gasteiger partial charge in [0, 0.05) is 23.9 Å². The molecule has 0 amide bonds. The highest BCUT2D eigenvalue weighted by Crippen LogP contribution is 2.24. The van der Waals surface area contributed by atoms with Gasteiger partial charge in [-0.3, -0.25) is 4.68 Å². The zero-order chi connectivity index (χ0) is 12.4. The van der Waals surface area contributed by atoms with Gasteiger partial charge in [-0.05, 0) is 31.0 Å². The van der Waals surface area contributed by atoms with E-state index < -0.39 is 0 Å². The highest BCUT2D eigenvalue weighted by atomic mass is 19.1. The first-order chi connectivity index (χ1) is 8.15. The molecule has 0 aliphatic carbocycles. The van der Waals surface area contributed by atoms with Crippen molar-refractivity contribution in [2.45, 2.75) is 27.0 Å². The van der Waals surface area contributed by atoms with Crippen LogP contribution in [0.4, 0.5) is 4.39 Å². The van der Waals surface area contributed by atoms with Gasteiger partial charge in [0.2, 0.25) is 0 Å². The Morgan fingerprint density at radius 1 is 1.35 bits per heavy atom. The molecule has 0 radical (unpaired) electrons. The lowest BCUT2D eigenvalue weighted by atomic mass is 10.0. The fourth-order valence-electron chi connectivity index (χ4n) is 1.83. The van der Waals surface area contributed by atoms with Crippen LogP contribution in [0.3, 0.4) is 0 Å². The van der Waals surface area contributed by atoms with Crippen molar-refractivity contribution in [1.82, 2.24) is 9.78 Å². The number of halogens is 1. The van der Waals surface area contributed by atoms with Gasteiger partial charge in [-0.15, -0.1) is 0 Å². The van der Waals surface area contributed by atoms with Crippen LogP contribution in [0, 0.1) is 12.7 Å². The Balaban J connectivity index is 2.46. The molecule has 90 valence electrons. The second-order valence-corrected chi connectivity index (χ2v) is 4.00. The lowest BCUT2D eigenvalue weighted by Crippen LogP contribution is -1.95. The van der Waals surface area contributed by atoms with E-state index in [1.54, 1.807) is 17.8 Å². The zero-order valence-corrected chi connectivity index (χ0v) is 9.94. The van der Waals surface area contributed by atoms with Gasteiger partial charge in [-0.2, -0.15) is 5.10 Å². The molecule has 0 fully saturated rings. The molecule has 2 rings (SSSR count). The van der Waals surface area contributed by atoms with Gasteiger partial charge >= 0.3 is 0 Å². The molecule has 0 atom stereocenters. The SMILES string of the molecule is CCn1cc(-c2cc(C)c(CO)c(F)c2)cn1. The Bertz CT molecular complexity index is 511. The lowest BCUT2D eigenvalue weighted by molar-refractivity contribution is 0.275. The third-order valence-electron chi connectivity index (χ3n) is 2.87. The van der Waals surface area contributed by atoms with Crippen molar-refractivity contribution in [2.24, 2.45) is 0 Å². The summed E-state index contributed by atoms with van der Waals surface area (Å²) in [6.45, 7) is 4.31. The largest absolute Gasteiger partial charge is 0.392 e. The van der Waals surface area contributed by atoms with Crippen LogP contribution in [0.5, 0.6) is 0 Å². The van der Waals surface area contributed by atoms with Crippen LogP contribution >= 0.6 is 0 Å². The van der Waals surface area contributed by atoms with Crippen LogP contribution < -0.4 is 0 Å². The monoisotopic (exact) mass is 234 g/mol. The van der Waals surface area contributed by atoms with E-state index in [-0.39, 0.29) is 12.4 Å². The summed E-state index contributed by atoms with van der Waals surface area (Å²) in [7, 11) is 0. The van der Waals surface area contributed by atoms with Crippen molar-refractivity contribution < 1.29 is 9.50 Å². The standard InChI is InChI=1S/C13H15FN2O/c1-3-16-7-11(6-15-16)10-4-9(2)12(8-17)13(14)5-10/h4-7,17H,3,8H2,1-2H3. The molecule has 4 heteroatoms. The molecular weight excluding hydrogens is 219 g/mol. The molecule has 0 aliphatic rings. The number of benzene rings is 1. The van der Waals surface area contributed by atoms with Crippen molar-refractivity contribution in [3.8, 4) is 11.1 Å². The van der Waals surface area contributed by atoms with Gasteiger partial charge in [0.05, 0.1) is 12.8 Å². The van der Waals surface area contributed by atoms with Gasteiger partial charge in [0.1, 0.15) is 5.82 Å². The number of hydrogen-bond donors (Lipinski definition) is 1. The number of rotatable bonds is 3. The quantitative estimate of drug-likeness (QED) is 0.886. The number of aryl methyl sites for hydroxylation is 2. The lowest BCUT2D eigenvalue weighted by Gasteiger charge is -2.06. The maximum atomic E-state index is 13.7. The third kappa shape index (κ3) is 2.22. The van der Waals surface area contributed by atoms with Crippen LogP contribution in [-0.2, 0) is 13.2 Å². The first-order valence-corrected chi connectivity index (χ1v) is 5.58. The summed E-state index contributed by atoms with van der Waals surface area (Å²) < 4.78 is 15.5. The van der Waals surface area contributed by atoms with Crippen molar-refractivity contribution in [3.63, 3.8) is 0 Å². The van der Waals surface area contributed by atoms with Gasteiger partial charge < -0.3 is 5.11 Å². The molecule has 0 unspecified atom stereocenters. The Morgan fingerprint density at radius 2 is 2.12 bits per heavy atom.